The molecule has 1 fully saturated rings. The topological polar surface area (TPSA) is 68.0 Å². The Hall–Kier alpha value is -0.880. The van der Waals surface area contributed by atoms with Crippen molar-refractivity contribution in [2.45, 2.75) is 5.25 Å². The van der Waals surface area contributed by atoms with Gasteiger partial charge in [0.1, 0.15) is 0 Å². The van der Waals surface area contributed by atoms with Gasteiger partial charge < -0.3 is 11.1 Å². The third-order valence-electron chi connectivity index (χ3n) is 2.43. The smallest absolute Gasteiger partial charge is 0.272 e. The Morgan fingerprint density at radius 3 is 3.18 bits per heavy atom. The van der Waals surface area contributed by atoms with E-state index in [1.54, 1.807) is 18.3 Å². The molecule has 0 aromatic carbocycles. The summed E-state index contributed by atoms with van der Waals surface area (Å²) in [4.78, 5) is 15.8. The summed E-state index contributed by atoms with van der Waals surface area (Å²) in [6.07, 6.45) is 1.58. The molecule has 3 N–H and O–H groups in total. The predicted molar refractivity (Wildman–Crippen MR) is 74.6 cm³/mol. The number of hydrogen-bond donors (Lipinski definition) is 2. The van der Waals surface area contributed by atoms with Crippen LogP contribution in [0, 0.1) is 0 Å². The molecule has 0 spiro atoms. The van der Waals surface area contributed by atoms with Gasteiger partial charge in [0.05, 0.1) is 5.69 Å². The highest BCUT2D eigenvalue weighted by atomic mass is 32.2. The van der Waals surface area contributed by atoms with Crippen LogP contribution in [0.2, 0.25) is 0 Å². The Morgan fingerprint density at radius 2 is 2.47 bits per heavy atom. The highest BCUT2D eigenvalue weighted by molar-refractivity contribution is 8.06. The number of nitrogens with one attached hydrogen (secondary N) is 1. The molecule has 4 nitrogen and oxygen atoms in total. The van der Waals surface area contributed by atoms with Crippen molar-refractivity contribution in [1.82, 2.24) is 10.3 Å². The Morgan fingerprint density at radius 1 is 1.59 bits per heavy atom. The second kappa shape index (κ2) is 6.16. The molecule has 2 rings (SSSR count). The SMILES string of the molecule is Nc1cccnc1C(=O)NCC1CSCCS1. The lowest BCUT2D eigenvalue weighted by atomic mass is 10.3. The summed E-state index contributed by atoms with van der Waals surface area (Å²) in [6.45, 7) is 0.687. The van der Waals surface area contributed by atoms with E-state index in [1.807, 2.05) is 23.5 Å². The molecule has 0 radical (unpaired) electrons. The highest BCUT2D eigenvalue weighted by Crippen LogP contribution is 2.23. The van der Waals surface area contributed by atoms with Crippen LogP contribution in [-0.4, -0.2) is 39.9 Å². The van der Waals surface area contributed by atoms with E-state index in [4.69, 9.17) is 5.73 Å². The Kier molecular flexibility index (Phi) is 4.56. The van der Waals surface area contributed by atoms with E-state index >= 15 is 0 Å². The fraction of sp³-hybridized carbons (Fsp3) is 0.455. The first-order valence-electron chi connectivity index (χ1n) is 5.45. The van der Waals surface area contributed by atoms with Gasteiger partial charge in [-0.05, 0) is 12.1 Å². The van der Waals surface area contributed by atoms with Crippen molar-refractivity contribution >= 4 is 35.1 Å². The quantitative estimate of drug-likeness (QED) is 0.864. The molecule has 1 aromatic rings. The van der Waals surface area contributed by atoms with Gasteiger partial charge in [-0.2, -0.15) is 23.5 Å². The number of anilines is 1. The number of nitrogen functional groups attached to an aromatic ring is 1. The normalized spacial score (nSPS) is 19.9. The molecule has 1 aliphatic rings. The van der Waals surface area contributed by atoms with Gasteiger partial charge in [0.25, 0.3) is 5.91 Å². The maximum Gasteiger partial charge on any atom is 0.272 e. The summed E-state index contributed by atoms with van der Waals surface area (Å²) in [5.41, 5.74) is 6.44. The number of aromatic nitrogens is 1. The number of nitrogens with zero attached hydrogens (tertiary/aromatic N) is 1. The third-order valence-corrected chi connectivity index (χ3v) is 5.27. The summed E-state index contributed by atoms with van der Waals surface area (Å²) >= 11 is 3.86. The van der Waals surface area contributed by atoms with Gasteiger partial charge in [-0.1, -0.05) is 0 Å². The molecular weight excluding hydrogens is 254 g/mol. The number of hydrogen-bond acceptors (Lipinski definition) is 5. The second-order valence-corrected chi connectivity index (χ2v) is 6.28. The lowest BCUT2D eigenvalue weighted by molar-refractivity contribution is 0.0950. The van der Waals surface area contributed by atoms with Crippen molar-refractivity contribution in [3.63, 3.8) is 0 Å². The van der Waals surface area contributed by atoms with E-state index in [1.165, 1.54) is 5.75 Å². The van der Waals surface area contributed by atoms with E-state index in [0.29, 0.717) is 23.2 Å². The maximum absolute atomic E-state index is 11.8. The van der Waals surface area contributed by atoms with Crippen molar-refractivity contribution in [1.29, 1.82) is 0 Å². The summed E-state index contributed by atoms with van der Waals surface area (Å²) in [7, 11) is 0. The molecular formula is C11H15N3OS2. The number of carbonyl (C=O) groups is 1. The van der Waals surface area contributed by atoms with Crippen molar-refractivity contribution in [3.05, 3.63) is 24.0 Å². The third kappa shape index (κ3) is 3.54. The van der Waals surface area contributed by atoms with Gasteiger partial charge in [-0.25, -0.2) is 4.98 Å². The maximum atomic E-state index is 11.8. The van der Waals surface area contributed by atoms with Crippen molar-refractivity contribution < 1.29 is 4.79 Å². The first-order valence-corrected chi connectivity index (χ1v) is 7.66. The standard InChI is InChI=1S/C11H15N3OS2/c12-9-2-1-3-13-10(9)11(15)14-6-8-7-16-4-5-17-8/h1-3,8H,4-7,12H2,(H,14,15). The molecule has 1 aliphatic heterocycles. The number of carbonyl (C=O) groups excluding carboxylic acids is 1. The molecule has 1 unspecified atom stereocenters. The summed E-state index contributed by atoms with van der Waals surface area (Å²) in [6, 6.07) is 3.41. The molecule has 1 atom stereocenters. The van der Waals surface area contributed by atoms with Gasteiger partial charge in [0, 0.05) is 35.3 Å². The van der Waals surface area contributed by atoms with Crippen LogP contribution in [-0.2, 0) is 0 Å². The molecule has 1 saturated heterocycles. The van der Waals surface area contributed by atoms with Gasteiger partial charge in [-0.3, -0.25) is 4.79 Å². The number of amides is 1. The van der Waals surface area contributed by atoms with Crippen LogP contribution in [0.3, 0.4) is 0 Å². The first-order chi connectivity index (χ1) is 8.27. The van der Waals surface area contributed by atoms with Crippen molar-refractivity contribution in [2.24, 2.45) is 0 Å². The van der Waals surface area contributed by atoms with E-state index in [2.05, 4.69) is 10.3 Å². The molecule has 0 saturated carbocycles. The van der Waals surface area contributed by atoms with E-state index in [9.17, 15) is 4.79 Å². The minimum absolute atomic E-state index is 0.181. The summed E-state index contributed by atoms with van der Waals surface area (Å²) in [5.74, 6) is 3.29. The van der Waals surface area contributed by atoms with Crippen LogP contribution in [0.15, 0.2) is 18.3 Å². The van der Waals surface area contributed by atoms with Crippen LogP contribution in [0.5, 0.6) is 0 Å². The zero-order valence-electron chi connectivity index (χ0n) is 9.39. The number of pyridine rings is 1. The van der Waals surface area contributed by atoms with Gasteiger partial charge in [-0.15, -0.1) is 0 Å². The van der Waals surface area contributed by atoms with E-state index in [0.717, 1.165) is 11.5 Å². The zero-order chi connectivity index (χ0) is 12.1. The highest BCUT2D eigenvalue weighted by Gasteiger charge is 2.16. The minimum Gasteiger partial charge on any atom is -0.397 e. The fourth-order valence-corrected chi connectivity index (χ4v) is 4.16. The largest absolute Gasteiger partial charge is 0.397 e. The molecule has 2 heterocycles. The van der Waals surface area contributed by atoms with Crippen LogP contribution < -0.4 is 11.1 Å². The van der Waals surface area contributed by atoms with Gasteiger partial charge in [0.15, 0.2) is 5.69 Å². The molecule has 0 bridgehead atoms. The average Bonchev–Trinajstić information content (AvgIpc) is 2.38. The number of nitrogens with two attached hydrogens (primary N) is 1. The van der Waals surface area contributed by atoms with E-state index in [-0.39, 0.29) is 5.91 Å². The van der Waals surface area contributed by atoms with E-state index < -0.39 is 0 Å². The summed E-state index contributed by atoms with van der Waals surface area (Å²) in [5, 5.41) is 3.40. The fourth-order valence-electron chi connectivity index (χ4n) is 1.55. The molecule has 17 heavy (non-hydrogen) atoms. The molecule has 92 valence electrons. The summed E-state index contributed by atoms with van der Waals surface area (Å²) < 4.78 is 0. The van der Waals surface area contributed by atoms with Crippen LogP contribution in [0.1, 0.15) is 10.5 Å². The number of rotatable bonds is 3. The Labute approximate surface area is 109 Å². The van der Waals surface area contributed by atoms with Crippen molar-refractivity contribution in [3.8, 4) is 0 Å². The molecule has 1 aromatic heterocycles. The lowest BCUT2D eigenvalue weighted by Crippen LogP contribution is -2.34. The first kappa shape index (κ1) is 12.6. The average molecular weight is 269 g/mol. The molecule has 0 aliphatic carbocycles. The van der Waals surface area contributed by atoms with Gasteiger partial charge >= 0.3 is 0 Å². The van der Waals surface area contributed by atoms with Crippen LogP contribution >= 0.6 is 23.5 Å². The zero-order valence-corrected chi connectivity index (χ0v) is 11.0. The van der Waals surface area contributed by atoms with Crippen LogP contribution in [0.4, 0.5) is 5.69 Å². The minimum atomic E-state index is -0.181. The molecule has 6 heteroatoms. The monoisotopic (exact) mass is 269 g/mol. The van der Waals surface area contributed by atoms with Gasteiger partial charge in [0.2, 0.25) is 0 Å². The second-order valence-electron chi connectivity index (χ2n) is 3.72. The predicted octanol–water partition coefficient (Wildman–Crippen LogP) is 1.24. The Balaban J connectivity index is 1.87. The lowest BCUT2D eigenvalue weighted by Gasteiger charge is -2.21. The van der Waals surface area contributed by atoms with Crippen LogP contribution in [0.25, 0.3) is 0 Å². The molecule has 1 amide bonds. The van der Waals surface area contributed by atoms with Crippen molar-refractivity contribution in [2.75, 3.05) is 29.5 Å². The number of thioether (sulfide) groups is 2. The Bertz CT molecular complexity index is 394.